The molecule has 1 heterocycles. The molecule has 0 aliphatic rings. The molecule has 0 unspecified atom stereocenters. The summed E-state index contributed by atoms with van der Waals surface area (Å²) in [7, 11) is 0. The van der Waals surface area contributed by atoms with Crippen molar-refractivity contribution >= 4 is 23.6 Å². The van der Waals surface area contributed by atoms with E-state index >= 15 is 0 Å². The number of nitrogens with zero attached hydrogens (tertiary/aromatic N) is 2. The second-order valence-corrected chi connectivity index (χ2v) is 6.80. The Bertz CT molecular complexity index is 777. The van der Waals surface area contributed by atoms with Gasteiger partial charge in [-0.3, -0.25) is 10.3 Å². The monoisotopic (exact) mass is 387 g/mol. The number of aromatic nitrogens is 2. The minimum Gasteiger partial charge on any atom is -0.491 e. The predicted molar refractivity (Wildman–Crippen MR) is 105 cm³/mol. The van der Waals surface area contributed by atoms with E-state index in [4.69, 9.17) is 9.47 Å². The molecule has 0 spiro atoms. The van der Waals surface area contributed by atoms with Gasteiger partial charge < -0.3 is 20.1 Å². The number of hydrogen-bond acceptors (Lipinski definition) is 6. The van der Waals surface area contributed by atoms with Crippen LogP contribution in [-0.2, 0) is 4.74 Å². The van der Waals surface area contributed by atoms with Gasteiger partial charge in [0.2, 0.25) is 0 Å². The highest BCUT2D eigenvalue weighted by Crippen LogP contribution is 2.24. The molecule has 3 N–H and O–H groups in total. The summed E-state index contributed by atoms with van der Waals surface area (Å²) in [5, 5.41) is 7.96. The molecule has 0 saturated carbocycles. The lowest BCUT2D eigenvalue weighted by Gasteiger charge is -2.19. The fourth-order valence-electron chi connectivity index (χ4n) is 2.09. The second-order valence-electron chi connectivity index (χ2n) is 6.80. The van der Waals surface area contributed by atoms with Gasteiger partial charge in [-0.2, -0.15) is 0 Å². The van der Waals surface area contributed by atoms with Crippen molar-refractivity contribution in [3.63, 3.8) is 0 Å². The van der Waals surface area contributed by atoms with Crippen molar-refractivity contribution in [3.05, 3.63) is 42.9 Å². The van der Waals surface area contributed by atoms with E-state index in [9.17, 15) is 9.59 Å². The summed E-state index contributed by atoms with van der Waals surface area (Å²) >= 11 is 0. The number of benzene rings is 1. The molecule has 0 radical (unpaired) electrons. The Morgan fingerprint density at radius 2 is 1.89 bits per heavy atom. The van der Waals surface area contributed by atoms with E-state index in [0.29, 0.717) is 36.8 Å². The molecule has 28 heavy (non-hydrogen) atoms. The third-order valence-electron chi connectivity index (χ3n) is 3.19. The van der Waals surface area contributed by atoms with Crippen LogP contribution in [0.3, 0.4) is 0 Å². The highest BCUT2D eigenvalue weighted by molar-refractivity contribution is 5.99. The molecule has 0 fully saturated rings. The van der Waals surface area contributed by atoms with Crippen molar-refractivity contribution in [2.45, 2.75) is 32.8 Å². The Hall–Kier alpha value is -3.36. The standard InChI is InChI=1S/C19H25N5O4/c1-19(2,3)28-18(26)22-9-6-12-27-15-8-5-4-7-14(15)23-17(25)24-16-13-20-10-11-21-16/h4-5,7-8,10-11,13H,6,9,12H2,1-3H3,(H,22,26)(H2,21,23,24,25). The first-order valence-electron chi connectivity index (χ1n) is 8.86. The van der Waals surface area contributed by atoms with Gasteiger partial charge in [-0.15, -0.1) is 0 Å². The van der Waals surface area contributed by atoms with Gasteiger partial charge in [0.25, 0.3) is 0 Å². The normalized spacial score (nSPS) is 10.7. The first-order chi connectivity index (χ1) is 13.3. The highest BCUT2D eigenvalue weighted by Gasteiger charge is 2.15. The average molecular weight is 387 g/mol. The van der Waals surface area contributed by atoms with Crippen LogP contribution in [0.5, 0.6) is 5.75 Å². The zero-order chi connectivity index (χ0) is 20.4. The van der Waals surface area contributed by atoms with Gasteiger partial charge in [0.1, 0.15) is 11.4 Å². The average Bonchev–Trinajstić information content (AvgIpc) is 2.62. The van der Waals surface area contributed by atoms with Gasteiger partial charge >= 0.3 is 12.1 Å². The van der Waals surface area contributed by atoms with Crippen molar-refractivity contribution in [1.29, 1.82) is 0 Å². The summed E-state index contributed by atoms with van der Waals surface area (Å²) in [5.74, 6) is 0.862. The number of para-hydroxylation sites is 2. The maximum absolute atomic E-state index is 12.1. The molecule has 1 aromatic carbocycles. The van der Waals surface area contributed by atoms with Crippen LogP contribution in [0.1, 0.15) is 27.2 Å². The maximum atomic E-state index is 12.1. The molecule has 2 rings (SSSR count). The van der Waals surface area contributed by atoms with Crippen LogP contribution >= 0.6 is 0 Å². The summed E-state index contributed by atoms with van der Waals surface area (Å²) in [6, 6.07) is 6.61. The lowest BCUT2D eigenvalue weighted by atomic mass is 10.2. The number of carbonyl (C=O) groups excluding carboxylic acids is 2. The zero-order valence-corrected chi connectivity index (χ0v) is 16.2. The topological polar surface area (TPSA) is 114 Å². The number of rotatable bonds is 7. The fourth-order valence-corrected chi connectivity index (χ4v) is 2.09. The Balaban J connectivity index is 1.77. The molecule has 9 heteroatoms. The van der Waals surface area contributed by atoms with Crippen LogP contribution in [0.15, 0.2) is 42.9 Å². The van der Waals surface area contributed by atoms with Crippen molar-refractivity contribution < 1.29 is 19.1 Å². The minimum absolute atomic E-state index is 0.339. The van der Waals surface area contributed by atoms with E-state index in [1.165, 1.54) is 18.6 Å². The Labute approximate surface area is 163 Å². The summed E-state index contributed by atoms with van der Waals surface area (Å²) in [4.78, 5) is 31.5. The van der Waals surface area contributed by atoms with Gasteiger partial charge in [0.15, 0.2) is 5.82 Å². The SMILES string of the molecule is CC(C)(C)OC(=O)NCCCOc1ccccc1NC(=O)Nc1cnccn1. The summed E-state index contributed by atoms with van der Waals surface area (Å²) in [6.07, 6.45) is 4.57. The number of hydrogen-bond donors (Lipinski definition) is 3. The third-order valence-corrected chi connectivity index (χ3v) is 3.19. The first kappa shape index (κ1) is 20.9. The molecule has 3 amide bonds. The van der Waals surface area contributed by atoms with Crippen molar-refractivity contribution in [3.8, 4) is 5.75 Å². The lowest BCUT2D eigenvalue weighted by Crippen LogP contribution is -2.33. The highest BCUT2D eigenvalue weighted by atomic mass is 16.6. The molecular weight excluding hydrogens is 362 g/mol. The summed E-state index contributed by atoms with van der Waals surface area (Å²) < 4.78 is 10.9. The predicted octanol–water partition coefficient (Wildman–Crippen LogP) is 3.41. The van der Waals surface area contributed by atoms with Crippen LogP contribution in [0.25, 0.3) is 0 Å². The summed E-state index contributed by atoms with van der Waals surface area (Å²) in [5.41, 5.74) is -0.0131. The second kappa shape index (κ2) is 10.1. The Morgan fingerprint density at radius 3 is 2.61 bits per heavy atom. The number of anilines is 2. The van der Waals surface area contributed by atoms with E-state index in [-0.39, 0.29) is 0 Å². The molecule has 2 aromatic rings. The molecule has 0 bridgehead atoms. The van der Waals surface area contributed by atoms with Gasteiger partial charge in [-0.1, -0.05) is 12.1 Å². The van der Waals surface area contributed by atoms with Gasteiger partial charge in [-0.25, -0.2) is 14.6 Å². The Morgan fingerprint density at radius 1 is 1.11 bits per heavy atom. The quantitative estimate of drug-likeness (QED) is 0.627. The molecule has 150 valence electrons. The number of nitrogens with one attached hydrogen (secondary N) is 3. The van der Waals surface area contributed by atoms with E-state index in [2.05, 4.69) is 25.9 Å². The van der Waals surface area contributed by atoms with Crippen molar-refractivity contribution in [1.82, 2.24) is 15.3 Å². The maximum Gasteiger partial charge on any atom is 0.407 e. The molecule has 0 aliphatic heterocycles. The molecular formula is C19H25N5O4. The molecule has 0 atom stereocenters. The number of urea groups is 1. The molecule has 0 saturated heterocycles. The zero-order valence-electron chi connectivity index (χ0n) is 16.2. The molecule has 0 aliphatic carbocycles. The fraction of sp³-hybridized carbons (Fsp3) is 0.368. The van der Waals surface area contributed by atoms with Crippen LogP contribution < -0.4 is 20.7 Å². The minimum atomic E-state index is -0.531. The Kier molecular flexibility index (Phi) is 7.55. The van der Waals surface area contributed by atoms with Gasteiger partial charge in [-0.05, 0) is 39.3 Å². The number of amides is 3. The van der Waals surface area contributed by atoms with Gasteiger partial charge in [0, 0.05) is 18.9 Å². The number of carbonyl (C=O) groups is 2. The first-order valence-corrected chi connectivity index (χ1v) is 8.86. The van der Waals surface area contributed by atoms with Crippen molar-refractivity contribution in [2.75, 3.05) is 23.8 Å². The lowest BCUT2D eigenvalue weighted by molar-refractivity contribution is 0.0525. The van der Waals surface area contributed by atoms with Crippen LogP contribution in [-0.4, -0.2) is 40.8 Å². The largest absolute Gasteiger partial charge is 0.491 e. The van der Waals surface area contributed by atoms with Crippen LogP contribution in [0.4, 0.5) is 21.1 Å². The van der Waals surface area contributed by atoms with Gasteiger partial charge in [0.05, 0.1) is 18.5 Å². The van der Waals surface area contributed by atoms with E-state index in [1.54, 1.807) is 45.0 Å². The smallest absolute Gasteiger partial charge is 0.407 e. The summed E-state index contributed by atoms with van der Waals surface area (Å²) in [6.45, 7) is 6.19. The number of alkyl carbamates (subject to hydrolysis) is 1. The van der Waals surface area contributed by atoms with Crippen molar-refractivity contribution in [2.24, 2.45) is 0 Å². The van der Waals surface area contributed by atoms with E-state index in [0.717, 1.165) is 0 Å². The third kappa shape index (κ3) is 7.90. The number of ether oxygens (including phenoxy) is 2. The molecule has 1 aromatic heterocycles. The van der Waals surface area contributed by atoms with E-state index < -0.39 is 17.7 Å². The van der Waals surface area contributed by atoms with Crippen LogP contribution in [0, 0.1) is 0 Å². The van der Waals surface area contributed by atoms with Crippen LogP contribution in [0.2, 0.25) is 0 Å². The molecule has 9 nitrogen and oxygen atoms in total. The van der Waals surface area contributed by atoms with E-state index in [1.807, 2.05) is 0 Å².